The summed E-state index contributed by atoms with van der Waals surface area (Å²) in [7, 11) is 1.73. The van der Waals surface area contributed by atoms with Crippen LogP contribution in [-0.2, 0) is 24.4 Å². The van der Waals surface area contributed by atoms with Gasteiger partial charge in [-0.3, -0.25) is 14.4 Å². The molecule has 2 aliphatic rings. The number of hydrogen-bond acceptors (Lipinski definition) is 5. The zero-order valence-corrected chi connectivity index (χ0v) is 28.8. The van der Waals surface area contributed by atoms with Crippen LogP contribution in [0, 0.1) is 0 Å². The molecule has 0 bridgehead atoms. The molecule has 5 aromatic rings. The average Bonchev–Trinajstić information content (AvgIpc) is 3.72. The Morgan fingerprint density at radius 2 is 1.69 bits per heavy atom. The third-order valence-corrected chi connectivity index (χ3v) is 10.4. The van der Waals surface area contributed by atoms with Gasteiger partial charge in [0.15, 0.2) is 0 Å². The third kappa shape index (κ3) is 7.10. The van der Waals surface area contributed by atoms with Crippen molar-refractivity contribution in [2.45, 2.75) is 57.8 Å². The van der Waals surface area contributed by atoms with Crippen LogP contribution in [0.3, 0.4) is 0 Å². The molecule has 4 aromatic carbocycles. The maximum absolute atomic E-state index is 11.5. The Morgan fingerprint density at radius 3 is 2.46 bits per heavy atom. The second-order valence-electron chi connectivity index (χ2n) is 12.9. The van der Waals surface area contributed by atoms with E-state index >= 15 is 0 Å². The van der Waals surface area contributed by atoms with Gasteiger partial charge in [0.1, 0.15) is 5.75 Å². The molecule has 0 aliphatic carbocycles. The summed E-state index contributed by atoms with van der Waals surface area (Å²) >= 11 is 14.0. The van der Waals surface area contributed by atoms with Crippen LogP contribution in [0.2, 0.25) is 10.0 Å². The molecule has 3 heterocycles. The van der Waals surface area contributed by atoms with Gasteiger partial charge in [-0.1, -0.05) is 84.2 Å². The summed E-state index contributed by atoms with van der Waals surface area (Å²) in [4.78, 5) is 13.9. The van der Waals surface area contributed by atoms with Gasteiger partial charge < -0.3 is 15.4 Å². The number of aromatic nitrogens is 2. The van der Waals surface area contributed by atoms with Crippen molar-refractivity contribution in [2.75, 3.05) is 26.7 Å². The molecule has 1 unspecified atom stereocenters. The number of hydrogen-bond donors (Lipinski definition) is 2. The van der Waals surface area contributed by atoms with Crippen molar-refractivity contribution in [1.82, 2.24) is 25.3 Å². The molecule has 0 saturated carbocycles. The van der Waals surface area contributed by atoms with Gasteiger partial charge in [-0.15, -0.1) is 0 Å². The van der Waals surface area contributed by atoms with Crippen LogP contribution in [-0.4, -0.2) is 53.4 Å². The van der Waals surface area contributed by atoms with E-state index in [2.05, 4.69) is 88.3 Å². The molecule has 7 rings (SSSR count). The van der Waals surface area contributed by atoms with Crippen LogP contribution < -0.4 is 15.4 Å². The predicted octanol–water partition coefficient (Wildman–Crippen LogP) is 8.09. The second-order valence-corrected chi connectivity index (χ2v) is 13.7. The summed E-state index contributed by atoms with van der Waals surface area (Å²) in [5.74, 6) is 1.01. The molecule has 2 aliphatic heterocycles. The molecule has 2 fully saturated rings. The number of fused-ring (bicyclic) bond motifs is 1. The predicted molar refractivity (Wildman–Crippen MR) is 195 cm³/mol. The Hall–Kier alpha value is -3.88. The lowest BCUT2D eigenvalue weighted by atomic mass is 9.96. The molecule has 248 valence electrons. The van der Waals surface area contributed by atoms with Crippen molar-refractivity contribution in [2.24, 2.45) is 0 Å². The Balaban J connectivity index is 1.09. The van der Waals surface area contributed by atoms with Crippen LogP contribution in [0.4, 0.5) is 0 Å². The first kappa shape index (κ1) is 32.7. The molecule has 1 aromatic heterocycles. The van der Waals surface area contributed by atoms with Crippen LogP contribution in [0.5, 0.6) is 5.75 Å². The van der Waals surface area contributed by atoms with Gasteiger partial charge in [0, 0.05) is 59.2 Å². The lowest BCUT2D eigenvalue weighted by Crippen LogP contribution is -2.35. The minimum absolute atomic E-state index is 0.144. The minimum atomic E-state index is 0.144. The van der Waals surface area contributed by atoms with E-state index in [0.717, 1.165) is 94.2 Å². The molecule has 7 nitrogen and oxygen atoms in total. The number of rotatable bonds is 11. The highest BCUT2D eigenvalue weighted by atomic mass is 35.5. The molecule has 1 atom stereocenters. The molecular formula is C39H41Cl2N5O2. The Bertz CT molecular complexity index is 1920. The summed E-state index contributed by atoms with van der Waals surface area (Å²) in [6.45, 7) is 5.12. The Morgan fingerprint density at radius 1 is 0.917 bits per heavy atom. The fourth-order valence-electron chi connectivity index (χ4n) is 7.04. The number of piperidine rings is 1. The number of nitrogens with zero attached hydrogens (tertiary/aromatic N) is 3. The number of ether oxygens (including phenoxy) is 1. The van der Waals surface area contributed by atoms with Gasteiger partial charge in [0.05, 0.1) is 30.4 Å². The summed E-state index contributed by atoms with van der Waals surface area (Å²) in [5, 5.41) is 13.7. The number of halogens is 2. The number of methoxy groups -OCH3 is 1. The van der Waals surface area contributed by atoms with E-state index in [9.17, 15) is 4.79 Å². The topological polar surface area (TPSA) is 71.4 Å². The van der Waals surface area contributed by atoms with Gasteiger partial charge in [-0.2, -0.15) is 5.10 Å². The van der Waals surface area contributed by atoms with E-state index < -0.39 is 0 Å². The number of carbonyl (C=O) groups is 1. The lowest BCUT2D eigenvalue weighted by Gasteiger charge is -2.27. The first-order valence-electron chi connectivity index (χ1n) is 16.9. The molecule has 2 N–H and O–H groups in total. The third-order valence-electron chi connectivity index (χ3n) is 9.66. The fourth-order valence-corrected chi connectivity index (χ4v) is 7.62. The standard InChI is InChI=1S/C39H41Cl2N5O2/c1-48-37-20-28(35(40)19-29(37)24-45-17-3-2-4-18-45)25-46-36-10-6-8-32(34(36)23-43-46)33-9-5-7-31(39(33)41)27-13-11-26(12-14-27)21-42-22-30-15-16-38(47)44-30/h5-14,19-20,23,30,42H,2-4,15-18,21-22,24-25H2,1H3,(H,44,47). The number of nitrogens with one attached hydrogen (secondary N) is 2. The normalized spacial score (nSPS) is 16.8. The molecule has 1 amide bonds. The monoisotopic (exact) mass is 681 g/mol. The first-order valence-corrected chi connectivity index (χ1v) is 17.6. The van der Waals surface area contributed by atoms with E-state index in [1.807, 2.05) is 10.9 Å². The molecule has 9 heteroatoms. The van der Waals surface area contributed by atoms with Crippen molar-refractivity contribution >= 4 is 40.0 Å². The number of amides is 1. The summed E-state index contributed by atoms with van der Waals surface area (Å²) < 4.78 is 7.82. The molecule has 0 spiro atoms. The number of carbonyl (C=O) groups excluding carboxylic acids is 1. The van der Waals surface area contributed by atoms with Crippen molar-refractivity contribution in [3.8, 4) is 28.0 Å². The van der Waals surface area contributed by atoms with Crippen molar-refractivity contribution in [3.05, 3.63) is 106 Å². The smallest absolute Gasteiger partial charge is 0.220 e. The largest absolute Gasteiger partial charge is 0.496 e. The summed E-state index contributed by atoms with van der Waals surface area (Å²) in [6, 6.07) is 25.3. The summed E-state index contributed by atoms with van der Waals surface area (Å²) in [6.07, 6.45) is 7.23. The highest BCUT2D eigenvalue weighted by Crippen LogP contribution is 2.39. The molecular weight excluding hydrogens is 641 g/mol. The van der Waals surface area contributed by atoms with Gasteiger partial charge in [-0.05, 0) is 72.8 Å². The minimum Gasteiger partial charge on any atom is -0.496 e. The van der Waals surface area contributed by atoms with Crippen LogP contribution >= 0.6 is 23.2 Å². The number of likely N-dealkylation sites (tertiary alicyclic amines) is 1. The van der Waals surface area contributed by atoms with Crippen molar-refractivity contribution < 1.29 is 9.53 Å². The molecule has 2 saturated heterocycles. The maximum atomic E-state index is 11.5. The van der Waals surface area contributed by atoms with Crippen LogP contribution in [0.25, 0.3) is 33.2 Å². The van der Waals surface area contributed by atoms with E-state index in [-0.39, 0.29) is 11.9 Å². The highest BCUT2D eigenvalue weighted by molar-refractivity contribution is 6.36. The Kier molecular flexibility index (Phi) is 10.0. The zero-order chi connectivity index (χ0) is 33.0. The van der Waals surface area contributed by atoms with Gasteiger partial charge in [-0.25, -0.2) is 0 Å². The zero-order valence-electron chi connectivity index (χ0n) is 27.3. The fraction of sp³-hybridized carbons (Fsp3) is 0.333. The van der Waals surface area contributed by atoms with E-state index in [0.29, 0.717) is 18.0 Å². The van der Waals surface area contributed by atoms with Gasteiger partial charge >= 0.3 is 0 Å². The quantitative estimate of drug-likeness (QED) is 0.147. The maximum Gasteiger partial charge on any atom is 0.220 e. The van der Waals surface area contributed by atoms with E-state index in [4.69, 9.17) is 33.0 Å². The van der Waals surface area contributed by atoms with Crippen molar-refractivity contribution in [1.29, 1.82) is 0 Å². The average molecular weight is 683 g/mol. The number of benzene rings is 4. The van der Waals surface area contributed by atoms with Gasteiger partial charge in [0.2, 0.25) is 5.91 Å². The lowest BCUT2D eigenvalue weighted by molar-refractivity contribution is -0.119. The SMILES string of the molecule is COc1cc(Cn2ncc3c(-c4cccc(-c5ccc(CNCC6CCC(=O)N6)cc5)c4Cl)cccc32)c(Cl)cc1CN1CCCCC1. The molecule has 0 radical (unpaired) electrons. The molecule has 48 heavy (non-hydrogen) atoms. The van der Waals surface area contributed by atoms with E-state index in [1.165, 1.54) is 24.8 Å². The van der Waals surface area contributed by atoms with Crippen LogP contribution in [0.15, 0.2) is 79.0 Å². The Labute approximate surface area is 292 Å². The van der Waals surface area contributed by atoms with Crippen LogP contribution in [0.1, 0.15) is 48.8 Å². The first-order chi connectivity index (χ1) is 23.5. The summed E-state index contributed by atoms with van der Waals surface area (Å²) in [5.41, 5.74) is 8.32. The van der Waals surface area contributed by atoms with Gasteiger partial charge in [0.25, 0.3) is 0 Å². The van der Waals surface area contributed by atoms with E-state index in [1.54, 1.807) is 7.11 Å². The highest BCUT2D eigenvalue weighted by Gasteiger charge is 2.20. The van der Waals surface area contributed by atoms with Crippen molar-refractivity contribution in [3.63, 3.8) is 0 Å². The second kappa shape index (κ2) is 14.7.